The summed E-state index contributed by atoms with van der Waals surface area (Å²) < 4.78 is 0.722. The first kappa shape index (κ1) is 24.3. The van der Waals surface area contributed by atoms with Crippen molar-refractivity contribution in [3.8, 4) is 0 Å². The summed E-state index contributed by atoms with van der Waals surface area (Å²) in [5, 5.41) is 0. The Bertz CT molecular complexity index is 651. The molecule has 1 aromatic carbocycles. The minimum absolute atomic E-state index is 0. The van der Waals surface area contributed by atoms with Gasteiger partial charge in [0.2, 0.25) is 5.91 Å². The zero-order chi connectivity index (χ0) is 18.0. The van der Waals surface area contributed by atoms with Gasteiger partial charge in [-0.1, -0.05) is 51.0 Å². The number of rotatable bonds is 2. The molecule has 0 atom stereocenters. The second kappa shape index (κ2) is 9.83. The van der Waals surface area contributed by atoms with E-state index in [0.717, 1.165) is 4.32 Å². The number of carbonyl (C=O) groups excluding carboxylic acids is 3. The van der Waals surface area contributed by atoms with Gasteiger partial charge in [0, 0.05) is 12.1 Å². The largest absolute Gasteiger partial charge is 0.294 e. The summed E-state index contributed by atoms with van der Waals surface area (Å²) in [5.74, 6) is 0.308. The van der Waals surface area contributed by atoms with Crippen molar-refractivity contribution in [2.24, 2.45) is 0 Å². The molecule has 0 saturated carbocycles. The average Bonchev–Trinajstić information content (AvgIpc) is 2.98. The molecule has 0 aliphatic carbocycles. The van der Waals surface area contributed by atoms with E-state index in [1.165, 1.54) is 16.7 Å². The Hall–Kier alpha value is -1.73. The van der Waals surface area contributed by atoms with Crippen molar-refractivity contribution in [2.75, 3.05) is 5.75 Å². The molecular formula is C19H28N2O3S2. The monoisotopic (exact) mass is 396 g/mol. The highest BCUT2D eigenvalue weighted by molar-refractivity contribution is 8.23. The Morgan fingerprint density at radius 2 is 1.31 bits per heavy atom. The van der Waals surface area contributed by atoms with Crippen LogP contribution in [0.3, 0.4) is 0 Å². The van der Waals surface area contributed by atoms with E-state index >= 15 is 0 Å². The fourth-order valence-corrected chi connectivity index (χ4v) is 3.87. The van der Waals surface area contributed by atoms with Crippen molar-refractivity contribution >= 4 is 46.0 Å². The van der Waals surface area contributed by atoms with E-state index in [1.807, 2.05) is 27.7 Å². The summed E-state index contributed by atoms with van der Waals surface area (Å²) in [7, 11) is 0. The predicted octanol–water partition coefficient (Wildman–Crippen LogP) is 4.22. The maximum Gasteiger partial charge on any atom is 0.261 e. The molecule has 2 aliphatic heterocycles. The molecule has 1 saturated heterocycles. The Kier molecular flexibility index (Phi) is 9.17. The number of carbonyl (C=O) groups is 3. The highest BCUT2D eigenvalue weighted by Gasteiger charge is 2.36. The lowest BCUT2D eigenvalue weighted by Gasteiger charge is -2.18. The van der Waals surface area contributed by atoms with E-state index in [-0.39, 0.29) is 44.7 Å². The van der Waals surface area contributed by atoms with Gasteiger partial charge in [0.25, 0.3) is 11.8 Å². The number of thiocarbonyl (C=S) groups is 1. The normalized spacial score (nSPS) is 15.6. The third-order valence-electron chi connectivity index (χ3n) is 3.64. The summed E-state index contributed by atoms with van der Waals surface area (Å²) in [6, 6.07) is 7.06. The Labute approximate surface area is 166 Å². The van der Waals surface area contributed by atoms with Gasteiger partial charge in [0.1, 0.15) is 4.32 Å². The molecule has 1 aromatic rings. The number of hydrogen-bond acceptors (Lipinski definition) is 5. The summed E-state index contributed by atoms with van der Waals surface area (Å²) >= 11 is 6.41. The van der Waals surface area contributed by atoms with Crippen LogP contribution in [0.4, 0.5) is 0 Å². The highest BCUT2D eigenvalue weighted by Crippen LogP contribution is 2.24. The second-order valence-corrected chi connectivity index (χ2v) is 7.64. The van der Waals surface area contributed by atoms with Crippen molar-refractivity contribution in [3.05, 3.63) is 35.4 Å². The van der Waals surface area contributed by atoms with Crippen LogP contribution >= 0.6 is 24.0 Å². The lowest BCUT2D eigenvalue weighted by atomic mass is 10.1. The molecular weight excluding hydrogens is 368 g/mol. The summed E-state index contributed by atoms with van der Waals surface area (Å²) in [6.45, 7) is 7.61. The predicted molar refractivity (Wildman–Crippen MR) is 113 cm³/mol. The van der Waals surface area contributed by atoms with Crippen LogP contribution in [0, 0.1) is 0 Å². The number of thioether (sulfide) groups is 1. The third kappa shape index (κ3) is 4.71. The van der Waals surface area contributed by atoms with Gasteiger partial charge in [-0.15, -0.1) is 0 Å². The lowest BCUT2D eigenvalue weighted by Crippen LogP contribution is -2.35. The van der Waals surface area contributed by atoms with E-state index in [2.05, 4.69) is 0 Å². The fraction of sp³-hybridized carbons (Fsp3) is 0.474. The molecule has 0 spiro atoms. The van der Waals surface area contributed by atoms with Gasteiger partial charge in [0.05, 0.1) is 16.9 Å². The van der Waals surface area contributed by atoms with Crippen LogP contribution < -0.4 is 0 Å². The SMILES string of the molecule is C.C.CC(C)N1C(=O)CSC1=S.CC(C)N1C(=O)c2ccccc2C1=O. The standard InChI is InChI=1S/C11H11NO2.C6H9NOS2.2CH4/c1-7(2)12-10(13)8-5-3-4-6-9(8)11(12)14;1-4(2)7-5(8)3-10-6(7)9;;/h3-7H,1-2H3;4H,3H2,1-2H3;2*1H4. The highest BCUT2D eigenvalue weighted by atomic mass is 32.2. The summed E-state index contributed by atoms with van der Waals surface area (Å²) in [4.78, 5) is 37.5. The Morgan fingerprint density at radius 1 is 0.885 bits per heavy atom. The Balaban J connectivity index is 0.000000469. The molecule has 3 amide bonds. The molecule has 5 nitrogen and oxygen atoms in total. The van der Waals surface area contributed by atoms with Crippen molar-refractivity contribution in [3.63, 3.8) is 0 Å². The quantitative estimate of drug-likeness (QED) is 0.553. The number of benzene rings is 1. The van der Waals surface area contributed by atoms with E-state index in [0.29, 0.717) is 16.9 Å². The zero-order valence-electron chi connectivity index (χ0n) is 14.1. The van der Waals surface area contributed by atoms with Crippen LogP contribution in [0.1, 0.15) is 63.3 Å². The first-order chi connectivity index (χ1) is 11.3. The first-order valence-electron chi connectivity index (χ1n) is 7.71. The zero-order valence-corrected chi connectivity index (χ0v) is 15.7. The summed E-state index contributed by atoms with van der Waals surface area (Å²) in [5.41, 5.74) is 1.04. The van der Waals surface area contributed by atoms with Crippen LogP contribution in [0.15, 0.2) is 24.3 Å². The van der Waals surface area contributed by atoms with Crippen LogP contribution in [0.25, 0.3) is 0 Å². The molecule has 3 rings (SSSR count). The minimum Gasteiger partial charge on any atom is -0.294 e. The smallest absolute Gasteiger partial charge is 0.261 e. The number of amides is 3. The first-order valence-corrected chi connectivity index (χ1v) is 9.10. The maximum atomic E-state index is 11.8. The minimum atomic E-state index is -0.180. The fourth-order valence-electron chi connectivity index (χ4n) is 2.54. The van der Waals surface area contributed by atoms with E-state index in [9.17, 15) is 14.4 Å². The summed E-state index contributed by atoms with van der Waals surface area (Å²) in [6.07, 6.45) is 0. The molecule has 144 valence electrons. The van der Waals surface area contributed by atoms with Gasteiger partial charge in [-0.2, -0.15) is 0 Å². The maximum absolute atomic E-state index is 11.8. The van der Waals surface area contributed by atoms with Crippen LogP contribution in [-0.4, -0.2) is 49.7 Å². The number of imide groups is 1. The van der Waals surface area contributed by atoms with Gasteiger partial charge in [-0.3, -0.25) is 24.2 Å². The lowest BCUT2D eigenvalue weighted by molar-refractivity contribution is -0.125. The topological polar surface area (TPSA) is 57.7 Å². The molecule has 0 radical (unpaired) electrons. The molecule has 0 N–H and O–H groups in total. The number of fused-ring (bicyclic) bond motifs is 1. The van der Waals surface area contributed by atoms with E-state index in [4.69, 9.17) is 12.2 Å². The van der Waals surface area contributed by atoms with Gasteiger partial charge in [0.15, 0.2) is 0 Å². The Morgan fingerprint density at radius 3 is 1.58 bits per heavy atom. The molecule has 1 fully saturated rings. The van der Waals surface area contributed by atoms with Crippen LogP contribution in [-0.2, 0) is 4.79 Å². The molecule has 0 unspecified atom stereocenters. The molecule has 7 heteroatoms. The van der Waals surface area contributed by atoms with Gasteiger partial charge in [-0.05, 0) is 39.8 Å². The van der Waals surface area contributed by atoms with E-state index in [1.54, 1.807) is 29.2 Å². The average molecular weight is 397 g/mol. The van der Waals surface area contributed by atoms with Gasteiger partial charge >= 0.3 is 0 Å². The molecule has 2 aliphatic rings. The van der Waals surface area contributed by atoms with Crippen LogP contribution in [0.2, 0.25) is 0 Å². The van der Waals surface area contributed by atoms with Gasteiger partial charge in [-0.25, -0.2) is 0 Å². The van der Waals surface area contributed by atoms with Crippen molar-refractivity contribution in [1.29, 1.82) is 0 Å². The number of nitrogens with zero attached hydrogens (tertiary/aromatic N) is 2. The van der Waals surface area contributed by atoms with Gasteiger partial charge < -0.3 is 0 Å². The van der Waals surface area contributed by atoms with Crippen LogP contribution in [0.5, 0.6) is 0 Å². The van der Waals surface area contributed by atoms with Crippen molar-refractivity contribution < 1.29 is 14.4 Å². The number of hydrogen-bond donors (Lipinski definition) is 0. The van der Waals surface area contributed by atoms with Crippen molar-refractivity contribution in [1.82, 2.24) is 9.80 Å². The molecule has 2 heterocycles. The van der Waals surface area contributed by atoms with Crippen molar-refractivity contribution in [2.45, 2.75) is 54.6 Å². The second-order valence-electron chi connectivity index (χ2n) is 6.03. The molecule has 26 heavy (non-hydrogen) atoms. The molecule has 0 aromatic heterocycles. The van der Waals surface area contributed by atoms with E-state index < -0.39 is 0 Å². The molecule has 0 bridgehead atoms. The third-order valence-corrected chi connectivity index (χ3v) is 5.03.